The molecule has 2 aromatic rings. The summed E-state index contributed by atoms with van der Waals surface area (Å²) in [5, 5.41) is 4.10. The van der Waals surface area contributed by atoms with E-state index in [0.29, 0.717) is 13.2 Å². The second-order valence-electron chi connectivity index (χ2n) is 4.05. The molecule has 0 aromatic heterocycles. The zero-order valence-corrected chi connectivity index (χ0v) is 13.0. The van der Waals surface area contributed by atoms with Crippen molar-refractivity contribution in [3.63, 3.8) is 0 Å². The second-order valence-corrected chi connectivity index (χ2v) is 5.34. The summed E-state index contributed by atoms with van der Waals surface area (Å²) >= 11 is 9.52. The van der Waals surface area contributed by atoms with E-state index in [4.69, 9.17) is 16.3 Å². The van der Waals surface area contributed by atoms with Gasteiger partial charge in [-0.25, -0.2) is 0 Å². The lowest BCUT2D eigenvalue weighted by Crippen LogP contribution is -2.00. The zero-order valence-electron chi connectivity index (χ0n) is 10.6. The van der Waals surface area contributed by atoms with Crippen LogP contribution in [0, 0.1) is 0 Å². The van der Waals surface area contributed by atoms with Gasteiger partial charge in [0.05, 0.1) is 6.61 Å². The molecule has 0 atom stereocenters. The van der Waals surface area contributed by atoms with Crippen LogP contribution in [0.15, 0.2) is 46.9 Å². The van der Waals surface area contributed by atoms with Crippen LogP contribution in [0.2, 0.25) is 5.02 Å². The number of halogens is 2. The van der Waals surface area contributed by atoms with Crippen LogP contribution in [-0.4, -0.2) is 6.61 Å². The minimum absolute atomic E-state index is 0.670. The first-order chi connectivity index (χ1) is 9.19. The van der Waals surface area contributed by atoms with Crippen LogP contribution < -0.4 is 10.1 Å². The molecule has 0 saturated heterocycles. The van der Waals surface area contributed by atoms with E-state index in [9.17, 15) is 0 Å². The first-order valence-corrected chi connectivity index (χ1v) is 7.27. The Labute approximate surface area is 126 Å². The Balaban J connectivity index is 2.05. The molecule has 100 valence electrons. The van der Waals surface area contributed by atoms with Crippen molar-refractivity contribution in [1.82, 2.24) is 0 Å². The number of benzene rings is 2. The summed E-state index contributed by atoms with van der Waals surface area (Å²) in [6.07, 6.45) is 0. The van der Waals surface area contributed by atoms with Gasteiger partial charge in [0.2, 0.25) is 0 Å². The highest BCUT2D eigenvalue weighted by Crippen LogP contribution is 2.23. The molecule has 0 unspecified atom stereocenters. The lowest BCUT2D eigenvalue weighted by atomic mass is 10.2. The van der Waals surface area contributed by atoms with Gasteiger partial charge in [0.15, 0.2) is 0 Å². The Bertz CT molecular complexity index is 560. The Morgan fingerprint density at radius 1 is 1.21 bits per heavy atom. The number of hydrogen-bond donors (Lipinski definition) is 1. The van der Waals surface area contributed by atoms with E-state index >= 15 is 0 Å². The van der Waals surface area contributed by atoms with E-state index in [1.54, 1.807) is 0 Å². The fourth-order valence-electron chi connectivity index (χ4n) is 1.74. The molecule has 0 spiro atoms. The molecule has 2 rings (SSSR count). The van der Waals surface area contributed by atoms with E-state index < -0.39 is 0 Å². The summed E-state index contributed by atoms with van der Waals surface area (Å²) in [6.45, 7) is 3.35. The molecular formula is C15H15BrClNO. The number of rotatable bonds is 5. The molecular weight excluding hydrogens is 326 g/mol. The van der Waals surface area contributed by atoms with Gasteiger partial charge in [0.1, 0.15) is 5.75 Å². The van der Waals surface area contributed by atoms with Gasteiger partial charge in [-0.15, -0.1) is 0 Å². The molecule has 19 heavy (non-hydrogen) atoms. The van der Waals surface area contributed by atoms with Crippen LogP contribution in [0.3, 0.4) is 0 Å². The predicted molar refractivity (Wildman–Crippen MR) is 84.1 cm³/mol. The monoisotopic (exact) mass is 339 g/mol. The molecule has 0 fully saturated rings. The van der Waals surface area contributed by atoms with Gasteiger partial charge in [-0.3, -0.25) is 0 Å². The molecule has 1 N–H and O–H groups in total. The summed E-state index contributed by atoms with van der Waals surface area (Å²) < 4.78 is 6.52. The van der Waals surface area contributed by atoms with Crippen molar-refractivity contribution in [3.8, 4) is 5.75 Å². The molecule has 0 aliphatic rings. The highest BCUT2D eigenvalue weighted by molar-refractivity contribution is 9.10. The Hall–Kier alpha value is -1.19. The van der Waals surface area contributed by atoms with Crippen molar-refractivity contribution < 1.29 is 4.74 Å². The van der Waals surface area contributed by atoms with Gasteiger partial charge >= 0.3 is 0 Å². The first-order valence-electron chi connectivity index (χ1n) is 6.09. The van der Waals surface area contributed by atoms with Crippen molar-refractivity contribution in [2.45, 2.75) is 13.5 Å². The van der Waals surface area contributed by atoms with Crippen LogP contribution in [0.25, 0.3) is 0 Å². The lowest BCUT2D eigenvalue weighted by molar-refractivity contribution is 0.340. The normalized spacial score (nSPS) is 10.3. The molecule has 0 heterocycles. The minimum atomic E-state index is 0.670. The van der Waals surface area contributed by atoms with E-state index in [1.807, 2.05) is 49.4 Å². The Morgan fingerprint density at radius 3 is 2.84 bits per heavy atom. The predicted octanol–water partition coefficient (Wildman–Crippen LogP) is 5.11. The number of ether oxygens (including phenoxy) is 1. The van der Waals surface area contributed by atoms with Crippen molar-refractivity contribution in [3.05, 3.63) is 57.5 Å². The van der Waals surface area contributed by atoms with Gasteiger partial charge < -0.3 is 10.1 Å². The summed E-state index contributed by atoms with van der Waals surface area (Å²) in [6, 6.07) is 13.7. The number of hydrogen-bond acceptors (Lipinski definition) is 2. The smallest absolute Gasteiger partial charge is 0.121 e. The van der Waals surface area contributed by atoms with Crippen molar-refractivity contribution in [2.75, 3.05) is 11.9 Å². The molecule has 4 heteroatoms. The largest absolute Gasteiger partial charge is 0.494 e. The first kappa shape index (κ1) is 14.2. The molecule has 0 bridgehead atoms. The van der Waals surface area contributed by atoms with Gasteiger partial charge in [-0.05, 0) is 42.8 Å². The third-order valence-electron chi connectivity index (χ3n) is 2.64. The van der Waals surface area contributed by atoms with Gasteiger partial charge in [-0.1, -0.05) is 33.6 Å². The quantitative estimate of drug-likeness (QED) is 0.816. The fourth-order valence-corrected chi connectivity index (χ4v) is 2.32. The Morgan fingerprint density at radius 2 is 2.05 bits per heavy atom. The number of nitrogens with one attached hydrogen (secondary N) is 1. The highest BCUT2D eigenvalue weighted by Gasteiger charge is 2.02. The average molecular weight is 341 g/mol. The van der Waals surface area contributed by atoms with Crippen LogP contribution in [0.4, 0.5) is 5.69 Å². The molecule has 2 aromatic carbocycles. The Kier molecular flexibility index (Phi) is 5.11. The van der Waals surface area contributed by atoms with E-state index in [2.05, 4.69) is 21.2 Å². The highest BCUT2D eigenvalue weighted by atomic mass is 79.9. The van der Waals surface area contributed by atoms with Gasteiger partial charge in [0, 0.05) is 27.8 Å². The van der Waals surface area contributed by atoms with Crippen molar-refractivity contribution in [2.24, 2.45) is 0 Å². The molecule has 0 aliphatic heterocycles. The fraction of sp³-hybridized carbons (Fsp3) is 0.200. The van der Waals surface area contributed by atoms with E-state index in [0.717, 1.165) is 26.5 Å². The maximum absolute atomic E-state index is 6.00. The molecule has 0 amide bonds. The molecule has 2 nitrogen and oxygen atoms in total. The third-order valence-corrected chi connectivity index (χ3v) is 3.64. The standard InChI is InChI=1S/C15H15BrClNO/c1-2-19-14-5-3-4-13(9-14)18-10-11-8-12(17)6-7-15(11)16/h3-9,18H,2,10H2,1H3. The SMILES string of the molecule is CCOc1cccc(NCc2cc(Cl)ccc2Br)c1. The van der Waals surface area contributed by atoms with E-state index in [1.165, 1.54) is 0 Å². The lowest BCUT2D eigenvalue weighted by Gasteiger charge is -2.10. The summed E-state index contributed by atoms with van der Waals surface area (Å²) in [7, 11) is 0. The average Bonchev–Trinajstić information content (AvgIpc) is 2.41. The zero-order chi connectivity index (χ0) is 13.7. The van der Waals surface area contributed by atoms with Crippen LogP contribution in [0.1, 0.15) is 12.5 Å². The van der Waals surface area contributed by atoms with Crippen LogP contribution in [0.5, 0.6) is 5.75 Å². The van der Waals surface area contributed by atoms with Crippen LogP contribution >= 0.6 is 27.5 Å². The summed E-state index contributed by atoms with van der Waals surface area (Å²) in [5.74, 6) is 0.873. The van der Waals surface area contributed by atoms with Gasteiger partial charge in [0.25, 0.3) is 0 Å². The maximum Gasteiger partial charge on any atom is 0.121 e. The van der Waals surface area contributed by atoms with Crippen molar-refractivity contribution in [1.29, 1.82) is 0 Å². The third kappa shape index (κ3) is 4.15. The summed E-state index contributed by atoms with van der Waals surface area (Å²) in [4.78, 5) is 0. The number of anilines is 1. The molecule has 0 saturated carbocycles. The van der Waals surface area contributed by atoms with Gasteiger partial charge in [-0.2, -0.15) is 0 Å². The minimum Gasteiger partial charge on any atom is -0.494 e. The second kappa shape index (κ2) is 6.83. The molecule has 0 aliphatic carbocycles. The topological polar surface area (TPSA) is 21.3 Å². The maximum atomic E-state index is 6.00. The van der Waals surface area contributed by atoms with Crippen molar-refractivity contribution >= 4 is 33.2 Å². The van der Waals surface area contributed by atoms with Crippen LogP contribution in [-0.2, 0) is 6.54 Å². The van der Waals surface area contributed by atoms with E-state index in [-0.39, 0.29) is 0 Å². The summed E-state index contributed by atoms with van der Waals surface area (Å²) in [5.41, 5.74) is 2.15. The molecule has 0 radical (unpaired) electrons.